The minimum absolute atomic E-state index is 0.142. The number of rotatable bonds is 8. The van der Waals surface area contributed by atoms with Gasteiger partial charge in [0.15, 0.2) is 0 Å². The Hall–Kier alpha value is -2.83. The smallest absolute Gasteiger partial charge is 0.241 e. The van der Waals surface area contributed by atoms with Gasteiger partial charge >= 0.3 is 0 Å². The van der Waals surface area contributed by atoms with Crippen LogP contribution in [0.3, 0.4) is 0 Å². The molecule has 0 aliphatic rings. The fourth-order valence-corrected chi connectivity index (χ4v) is 3.40. The highest BCUT2D eigenvalue weighted by atomic mass is 35.5. The highest BCUT2D eigenvalue weighted by Crippen LogP contribution is 2.26. The van der Waals surface area contributed by atoms with E-state index in [2.05, 4.69) is 20.6 Å². The second-order valence-corrected chi connectivity index (χ2v) is 7.44. The normalized spacial score (nSPS) is 12.9. The quantitative estimate of drug-likeness (QED) is 0.562. The van der Waals surface area contributed by atoms with Crippen LogP contribution >= 0.6 is 11.6 Å². The zero-order chi connectivity index (χ0) is 21.5. The Bertz CT molecular complexity index is 982. The molecule has 2 atom stereocenters. The lowest BCUT2D eigenvalue weighted by Crippen LogP contribution is -2.38. The summed E-state index contributed by atoms with van der Waals surface area (Å²) in [7, 11) is 1.61. The van der Waals surface area contributed by atoms with Gasteiger partial charge in [-0.25, -0.2) is 9.37 Å². The lowest BCUT2D eigenvalue weighted by Gasteiger charge is -2.26. The van der Waals surface area contributed by atoms with E-state index in [1.165, 1.54) is 12.3 Å². The molecule has 156 valence electrons. The monoisotopic (exact) mass is 426 g/mol. The number of hydrogen-bond donors (Lipinski definition) is 2. The number of halogens is 2. The summed E-state index contributed by atoms with van der Waals surface area (Å²) in [5.74, 6) is -0.400. The molecule has 2 N–H and O–H groups in total. The summed E-state index contributed by atoms with van der Waals surface area (Å²) in [6.07, 6.45) is 4.41. The van der Waals surface area contributed by atoms with Crippen molar-refractivity contribution >= 4 is 17.5 Å². The highest BCUT2D eigenvalue weighted by Gasteiger charge is 2.24. The van der Waals surface area contributed by atoms with Crippen LogP contribution in [0.5, 0.6) is 0 Å². The van der Waals surface area contributed by atoms with Crippen molar-refractivity contribution in [2.24, 2.45) is 0 Å². The minimum atomic E-state index is -0.553. The van der Waals surface area contributed by atoms with Crippen LogP contribution in [-0.4, -0.2) is 22.9 Å². The highest BCUT2D eigenvalue weighted by molar-refractivity contribution is 6.29. The number of amides is 1. The maximum atomic E-state index is 13.8. The van der Waals surface area contributed by atoms with Gasteiger partial charge in [0.25, 0.3) is 0 Å². The summed E-state index contributed by atoms with van der Waals surface area (Å²) in [6, 6.07) is 13.8. The fourth-order valence-electron chi connectivity index (χ4n) is 3.31. The average molecular weight is 427 g/mol. The zero-order valence-electron chi connectivity index (χ0n) is 16.9. The summed E-state index contributed by atoms with van der Waals surface area (Å²) < 4.78 is 13.8. The minimum Gasteiger partial charge on any atom is -0.358 e. The van der Waals surface area contributed by atoms with E-state index in [1.807, 2.05) is 36.4 Å². The zero-order valence-corrected chi connectivity index (χ0v) is 17.7. The molecule has 2 aromatic carbocycles. The van der Waals surface area contributed by atoms with Crippen LogP contribution < -0.4 is 10.6 Å². The first-order chi connectivity index (χ1) is 14.5. The molecule has 0 aliphatic carbocycles. The van der Waals surface area contributed by atoms with Gasteiger partial charge in [0, 0.05) is 13.1 Å². The second kappa shape index (κ2) is 10.3. The number of nitrogens with zero attached hydrogens (tertiary/aromatic N) is 2. The molecule has 7 heteroatoms. The van der Waals surface area contributed by atoms with Crippen molar-refractivity contribution < 1.29 is 9.18 Å². The molecule has 3 rings (SSSR count). The summed E-state index contributed by atoms with van der Waals surface area (Å²) in [5, 5.41) is 6.52. The van der Waals surface area contributed by atoms with Crippen molar-refractivity contribution in [3.8, 4) is 0 Å². The second-order valence-electron chi connectivity index (χ2n) is 7.05. The van der Waals surface area contributed by atoms with E-state index in [1.54, 1.807) is 26.2 Å². The SMILES string of the molecule is CNC(=O)C(NC(CCc1cnc(Cl)cn1)c1ccc(F)c(C)c1)c1ccccc1. The molecule has 1 heterocycles. The molecule has 0 saturated carbocycles. The van der Waals surface area contributed by atoms with Crippen molar-refractivity contribution in [3.63, 3.8) is 0 Å². The molecule has 0 saturated heterocycles. The topological polar surface area (TPSA) is 66.9 Å². The predicted octanol–water partition coefficient (Wildman–Crippen LogP) is 4.33. The Labute approximate surface area is 180 Å². The van der Waals surface area contributed by atoms with Crippen molar-refractivity contribution in [3.05, 3.63) is 94.3 Å². The molecule has 5 nitrogen and oxygen atoms in total. The van der Waals surface area contributed by atoms with Gasteiger partial charge in [-0.05, 0) is 42.5 Å². The molecule has 0 aliphatic heterocycles. The van der Waals surface area contributed by atoms with E-state index in [0.29, 0.717) is 23.6 Å². The number of likely N-dealkylation sites (N-methyl/N-ethyl adjacent to an activating group) is 1. The third-order valence-electron chi connectivity index (χ3n) is 4.96. The number of carbonyl (C=O) groups is 1. The molecule has 2 unspecified atom stereocenters. The number of benzene rings is 2. The lowest BCUT2D eigenvalue weighted by molar-refractivity contribution is -0.123. The molecule has 30 heavy (non-hydrogen) atoms. The van der Waals surface area contributed by atoms with Gasteiger partial charge in [0.05, 0.1) is 18.1 Å². The van der Waals surface area contributed by atoms with Gasteiger partial charge in [0.2, 0.25) is 5.91 Å². The van der Waals surface area contributed by atoms with E-state index < -0.39 is 6.04 Å². The number of aromatic nitrogens is 2. The van der Waals surface area contributed by atoms with Gasteiger partial charge in [-0.3, -0.25) is 15.1 Å². The van der Waals surface area contributed by atoms with Gasteiger partial charge in [-0.2, -0.15) is 0 Å². The van der Waals surface area contributed by atoms with Crippen LogP contribution in [0, 0.1) is 12.7 Å². The van der Waals surface area contributed by atoms with Crippen LogP contribution in [-0.2, 0) is 11.2 Å². The molecule has 0 bridgehead atoms. The van der Waals surface area contributed by atoms with Gasteiger partial charge in [-0.1, -0.05) is 54.1 Å². The molecule has 0 fully saturated rings. The number of hydrogen-bond acceptors (Lipinski definition) is 4. The fraction of sp³-hybridized carbons (Fsp3) is 0.261. The summed E-state index contributed by atoms with van der Waals surface area (Å²) in [6.45, 7) is 1.73. The molecule has 0 spiro atoms. The third-order valence-corrected chi connectivity index (χ3v) is 5.15. The Morgan fingerprint density at radius 1 is 1.10 bits per heavy atom. The van der Waals surface area contributed by atoms with Crippen LogP contribution in [0.4, 0.5) is 4.39 Å². The third kappa shape index (κ3) is 5.62. The maximum Gasteiger partial charge on any atom is 0.241 e. The summed E-state index contributed by atoms with van der Waals surface area (Å²) >= 11 is 5.82. The van der Waals surface area contributed by atoms with Crippen LogP contribution in [0.15, 0.2) is 60.9 Å². The Balaban J connectivity index is 1.89. The molecule has 0 radical (unpaired) electrons. The Morgan fingerprint density at radius 2 is 1.87 bits per heavy atom. The van der Waals surface area contributed by atoms with E-state index in [-0.39, 0.29) is 17.8 Å². The molecule has 3 aromatic rings. The molecular formula is C23H24ClFN4O. The average Bonchev–Trinajstić information content (AvgIpc) is 2.77. The first-order valence-corrected chi connectivity index (χ1v) is 10.1. The summed E-state index contributed by atoms with van der Waals surface area (Å²) in [5.41, 5.74) is 3.11. The molecular weight excluding hydrogens is 403 g/mol. The molecule has 1 aromatic heterocycles. The van der Waals surface area contributed by atoms with Crippen molar-refractivity contribution in [1.29, 1.82) is 0 Å². The van der Waals surface area contributed by atoms with E-state index >= 15 is 0 Å². The van der Waals surface area contributed by atoms with E-state index in [9.17, 15) is 9.18 Å². The first-order valence-electron chi connectivity index (χ1n) is 9.73. The number of nitrogens with one attached hydrogen (secondary N) is 2. The van der Waals surface area contributed by atoms with Crippen molar-refractivity contribution in [2.45, 2.75) is 31.8 Å². The van der Waals surface area contributed by atoms with Crippen LogP contribution in [0.25, 0.3) is 0 Å². The lowest BCUT2D eigenvalue weighted by atomic mass is 9.96. The Kier molecular flexibility index (Phi) is 7.49. The van der Waals surface area contributed by atoms with Gasteiger partial charge in [0.1, 0.15) is 17.0 Å². The van der Waals surface area contributed by atoms with Crippen molar-refractivity contribution in [1.82, 2.24) is 20.6 Å². The first kappa shape index (κ1) is 21.9. The molecule has 1 amide bonds. The van der Waals surface area contributed by atoms with E-state index in [0.717, 1.165) is 16.8 Å². The predicted molar refractivity (Wildman–Crippen MR) is 116 cm³/mol. The maximum absolute atomic E-state index is 13.8. The number of carbonyl (C=O) groups excluding carboxylic acids is 1. The largest absolute Gasteiger partial charge is 0.358 e. The van der Waals surface area contributed by atoms with Gasteiger partial charge < -0.3 is 5.32 Å². The summed E-state index contributed by atoms with van der Waals surface area (Å²) in [4.78, 5) is 21.0. The van der Waals surface area contributed by atoms with E-state index in [4.69, 9.17) is 11.6 Å². The van der Waals surface area contributed by atoms with Crippen LogP contribution in [0.1, 0.15) is 40.9 Å². The number of aryl methyl sites for hydroxylation is 2. The van der Waals surface area contributed by atoms with Crippen molar-refractivity contribution in [2.75, 3.05) is 7.05 Å². The Morgan fingerprint density at radius 3 is 2.50 bits per heavy atom. The van der Waals surface area contributed by atoms with Gasteiger partial charge in [-0.15, -0.1) is 0 Å². The standard InChI is InChI=1S/C23H24ClFN4O/c1-15-12-17(8-10-19(15)25)20(11-9-18-13-28-21(24)14-27-18)29-22(23(30)26-2)16-6-4-3-5-7-16/h3-8,10,12-14,20,22,29H,9,11H2,1-2H3,(H,26,30). The van der Waals surface area contributed by atoms with Crippen LogP contribution in [0.2, 0.25) is 5.15 Å².